The summed E-state index contributed by atoms with van der Waals surface area (Å²) in [7, 11) is 0. The van der Waals surface area contributed by atoms with Crippen LogP contribution < -0.4 is 14.8 Å². The molecule has 17 heavy (non-hydrogen) atoms. The van der Waals surface area contributed by atoms with Crippen molar-refractivity contribution < 1.29 is 14.6 Å². The molecule has 0 bridgehead atoms. The van der Waals surface area contributed by atoms with E-state index in [1.165, 1.54) is 0 Å². The van der Waals surface area contributed by atoms with Crippen molar-refractivity contribution in [3.05, 3.63) is 17.7 Å². The highest BCUT2D eigenvalue weighted by Gasteiger charge is 2.21. The molecule has 0 saturated carbocycles. The number of benzene rings is 1. The molecule has 2 aliphatic heterocycles. The van der Waals surface area contributed by atoms with E-state index >= 15 is 0 Å². The number of rotatable bonds is 2. The van der Waals surface area contributed by atoms with Gasteiger partial charge in [-0.25, -0.2) is 0 Å². The highest BCUT2D eigenvalue weighted by Crippen LogP contribution is 2.39. The quantitative estimate of drug-likeness (QED) is 0.784. The normalized spacial score (nSPS) is 19.5. The first kappa shape index (κ1) is 10.7. The van der Waals surface area contributed by atoms with Gasteiger partial charge in [0.1, 0.15) is 5.75 Å². The smallest absolute Gasteiger partial charge is 0.231 e. The molecule has 92 valence electrons. The second-order valence-corrected chi connectivity index (χ2v) is 4.36. The Bertz CT molecular complexity index is 416. The van der Waals surface area contributed by atoms with Crippen molar-refractivity contribution in [2.75, 3.05) is 33.0 Å². The van der Waals surface area contributed by atoms with E-state index in [1.807, 2.05) is 0 Å². The number of ether oxygens (including phenoxy) is 2. The van der Waals surface area contributed by atoms with Gasteiger partial charge in [-0.2, -0.15) is 0 Å². The van der Waals surface area contributed by atoms with Gasteiger partial charge < -0.3 is 19.9 Å². The number of hydrogen-bond donors (Lipinski definition) is 2. The molecule has 1 aromatic rings. The molecule has 5 nitrogen and oxygen atoms in total. The first-order valence-corrected chi connectivity index (χ1v) is 5.87. The molecule has 0 radical (unpaired) electrons. The lowest BCUT2D eigenvalue weighted by molar-refractivity contribution is 0.171. The van der Waals surface area contributed by atoms with Crippen LogP contribution in [0.3, 0.4) is 0 Å². The van der Waals surface area contributed by atoms with E-state index in [0.717, 1.165) is 44.0 Å². The molecule has 3 rings (SSSR count). The molecule has 0 amide bonds. The van der Waals surface area contributed by atoms with Gasteiger partial charge >= 0.3 is 0 Å². The highest BCUT2D eigenvalue weighted by atomic mass is 16.7. The summed E-state index contributed by atoms with van der Waals surface area (Å²) in [4.78, 5) is 2.34. The van der Waals surface area contributed by atoms with Gasteiger partial charge in [-0.3, -0.25) is 4.90 Å². The number of nitrogens with one attached hydrogen (secondary N) is 1. The van der Waals surface area contributed by atoms with Crippen LogP contribution in [0.4, 0.5) is 0 Å². The van der Waals surface area contributed by atoms with Crippen LogP contribution in [0.5, 0.6) is 17.2 Å². The summed E-state index contributed by atoms with van der Waals surface area (Å²) < 4.78 is 10.7. The number of nitrogens with zero attached hydrogens (tertiary/aromatic N) is 1. The second-order valence-electron chi connectivity index (χ2n) is 4.36. The van der Waals surface area contributed by atoms with E-state index < -0.39 is 0 Å². The highest BCUT2D eigenvalue weighted by molar-refractivity contribution is 5.52. The average Bonchev–Trinajstić information content (AvgIpc) is 2.78. The fourth-order valence-electron chi connectivity index (χ4n) is 2.29. The molecule has 2 aliphatic rings. The van der Waals surface area contributed by atoms with Crippen molar-refractivity contribution in [3.63, 3.8) is 0 Å². The van der Waals surface area contributed by atoms with Gasteiger partial charge in [0.25, 0.3) is 0 Å². The van der Waals surface area contributed by atoms with E-state index in [2.05, 4.69) is 10.2 Å². The minimum absolute atomic E-state index is 0.236. The lowest BCUT2D eigenvalue weighted by Gasteiger charge is -2.27. The molecule has 0 aromatic heterocycles. The van der Waals surface area contributed by atoms with Gasteiger partial charge in [0.05, 0.1) is 0 Å². The van der Waals surface area contributed by atoms with E-state index in [1.54, 1.807) is 12.1 Å². The summed E-state index contributed by atoms with van der Waals surface area (Å²) in [6.45, 7) is 5.10. The number of piperazine rings is 1. The molecule has 0 spiro atoms. The summed E-state index contributed by atoms with van der Waals surface area (Å²) in [5, 5.41) is 13.0. The van der Waals surface area contributed by atoms with Gasteiger partial charge in [0.2, 0.25) is 6.79 Å². The van der Waals surface area contributed by atoms with Crippen molar-refractivity contribution >= 4 is 0 Å². The van der Waals surface area contributed by atoms with Crippen molar-refractivity contribution in [2.45, 2.75) is 6.54 Å². The Morgan fingerprint density at radius 3 is 2.88 bits per heavy atom. The standard InChI is InChI=1S/C12H16N2O3/c15-10-5-9(7-14-3-1-13-2-4-14)12-11(6-10)16-8-17-12/h5-6,13,15H,1-4,7-8H2. The molecule has 5 heteroatoms. The Morgan fingerprint density at radius 2 is 2.06 bits per heavy atom. The van der Waals surface area contributed by atoms with Crippen LogP contribution in [0.1, 0.15) is 5.56 Å². The number of aromatic hydroxyl groups is 1. The largest absolute Gasteiger partial charge is 0.508 e. The maximum atomic E-state index is 9.64. The number of hydrogen-bond acceptors (Lipinski definition) is 5. The molecule has 0 atom stereocenters. The minimum Gasteiger partial charge on any atom is -0.508 e. The zero-order valence-electron chi connectivity index (χ0n) is 9.61. The molecule has 0 aliphatic carbocycles. The molecular formula is C12H16N2O3. The lowest BCUT2D eigenvalue weighted by Crippen LogP contribution is -2.42. The summed E-state index contributed by atoms with van der Waals surface area (Å²) in [6.07, 6.45) is 0. The molecule has 2 heterocycles. The third-order valence-electron chi connectivity index (χ3n) is 3.14. The van der Waals surface area contributed by atoms with Crippen molar-refractivity contribution in [2.24, 2.45) is 0 Å². The maximum Gasteiger partial charge on any atom is 0.231 e. The summed E-state index contributed by atoms with van der Waals surface area (Å²) in [6, 6.07) is 3.36. The molecule has 0 unspecified atom stereocenters. The average molecular weight is 236 g/mol. The van der Waals surface area contributed by atoms with Crippen LogP contribution in [-0.4, -0.2) is 43.0 Å². The Morgan fingerprint density at radius 1 is 1.24 bits per heavy atom. The van der Waals surface area contributed by atoms with Crippen molar-refractivity contribution in [1.29, 1.82) is 0 Å². The SMILES string of the molecule is Oc1cc(CN2CCNCC2)c2c(c1)OCO2. The van der Waals surface area contributed by atoms with Crippen LogP contribution in [-0.2, 0) is 6.54 Å². The van der Waals surface area contributed by atoms with E-state index in [-0.39, 0.29) is 12.5 Å². The summed E-state index contributed by atoms with van der Waals surface area (Å²) in [5.41, 5.74) is 0.999. The molecule has 1 fully saturated rings. The van der Waals surface area contributed by atoms with Crippen LogP contribution in [0.2, 0.25) is 0 Å². The van der Waals surface area contributed by atoms with Gasteiger partial charge in [-0.1, -0.05) is 0 Å². The Balaban J connectivity index is 1.82. The second kappa shape index (κ2) is 4.43. The first-order valence-electron chi connectivity index (χ1n) is 5.87. The van der Waals surface area contributed by atoms with Gasteiger partial charge in [0.15, 0.2) is 11.5 Å². The number of fused-ring (bicyclic) bond motifs is 1. The van der Waals surface area contributed by atoms with Gasteiger partial charge in [-0.05, 0) is 6.07 Å². The van der Waals surface area contributed by atoms with Gasteiger partial charge in [-0.15, -0.1) is 0 Å². The third kappa shape index (κ3) is 2.16. The molecule has 1 aromatic carbocycles. The van der Waals surface area contributed by atoms with Gasteiger partial charge in [0, 0.05) is 44.4 Å². The van der Waals surface area contributed by atoms with E-state index in [0.29, 0.717) is 5.75 Å². The third-order valence-corrected chi connectivity index (χ3v) is 3.14. The summed E-state index contributed by atoms with van der Waals surface area (Å²) >= 11 is 0. The Kier molecular flexibility index (Phi) is 2.78. The maximum absolute atomic E-state index is 9.64. The molecule has 1 saturated heterocycles. The molecular weight excluding hydrogens is 220 g/mol. The van der Waals surface area contributed by atoms with Crippen LogP contribution >= 0.6 is 0 Å². The predicted molar refractivity (Wildman–Crippen MR) is 62.4 cm³/mol. The van der Waals surface area contributed by atoms with E-state index in [9.17, 15) is 5.11 Å². The van der Waals surface area contributed by atoms with Crippen molar-refractivity contribution in [1.82, 2.24) is 10.2 Å². The lowest BCUT2D eigenvalue weighted by atomic mass is 10.1. The monoisotopic (exact) mass is 236 g/mol. The fraction of sp³-hybridized carbons (Fsp3) is 0.500. The number of phenolic OH excluding ortho intramolecular Hbond substituents is 1. The van der Waals surface area contributed by atoms with Crippen LogP contribution in [0, 0.1) is 0 Å². The van der Waals surface area contributed by atoms with Crippen molar-refractivity contribution in [3.8, 4) is 17.2 Å². The molecule has 2 N–H and O–H groups in total. The first-order chi connectivity index (χ1) is 8.33. The van der Waals surface area contributed by atoms with E-state index in [4.69, 9.17) is 9.47 Å². The summed E-state index contributed by atoms with van der Waals surface area (Å²) in [5.74, 6) is 1.66. The van der Waals surface area contributed by atoms with Crippen LogP contribution in [0.25, 0.3) is 0 Å². The Hall–Kier alpha value is -1.46. The fourth-order valence-corrected chi connectivity index (χ4v) is 2.29. The number of phenols is 1. The topological polar surface area (TPSA) is 54.0 Å². The minimum atomic E-state index is 0.236. The predicted octanol–water partition coefficient (Wildman–Crippen LogP) is 0.526. The Labute approximate surface area is 99.9 Å². The zero-order valence-corrected chi connectivity index (χ0v) is 9.61. The van der Waals surface area contributed by atoms with Crippen LogP contribution in [0.15, 0.2) is 12.1 Å². The zero-order chi connectivity index (χ0) is 11.7.